The first-order chi connectivity index (χ1) is 9.19. The third-order valence-corrected chi connectivity index (χ3v) is 3.26. The quantitative estimate of drug-likeness (QED) is 0.866. The molecule has 1 heterocycles. The smallest absolute Gasteiger partial charge is 0.345 e. The Kier molecular flexibility index (Phi) is 4.41. The molecule has 0 aliphatic carbocycles. The van der Waals surface area contributed by atoms with Gasteiger partial charge >= 0.3 is 5.97 Å². The minimum atomic E-state index is -0.942. The molecule has 2 aromatic rings. The van der Waals surface area contributed by atoms with Crippen LogP contribution in [0.15, 0.2) is 36.4 Å². The van der Waals surface area contributed by atoms with E-state index in [1.165, 1.54) is 6.07 Å². The molecule has 0 bridgehead atoms. The molecule has 1 aromatic carbocycles. The van der Waals surface area contributed by atoms with Crippen molar-refractivity contribution in [1.82, 2.24) is 0 Å². The predicted octanol–water partition coefficient (Wildman–Crippen LogP) is 4.03. The van der Waals surface area contributed by atoms with Gasteiger partial charge in [-0.2, -0.15) is 0 Å². The van der Waals surface area contributed by atoms with Crippen molar-refractivity contribution in [2.24, 2.45) is 0 Å². The molecule has 0 saturated carbocycles. The summed E-state index contributed by atoms with van der Waals surface area (Å²) in [5, 5.41) is 9.38. The Labute approximate surface area is 115 Å². The number of thiophene rings is 1. The van der Waals surface area contributed by atoms with Crippen molar-refractivity contribution >= 4 is 17.3 Å². The fourth-order valence-corrected chi connectivity index (χ4v) is 2.14. The molecular formula is C14H14O4S. The maximum absolute atomic E-state index is 10.8. The van der Waals surface area contributed by atoms with Crippen LogP contribution in [0.25, 0.3) is 0 Å². The van der Waals surface area contributed by atoms with E-state index in [0.29, 0.717) is 17.4 Å². The van der Waals surface area contributed by atoms with Crippen molar-refractivity contribution in [2.45, 2.75) is 13.3 Å². The number of benzene rings is 1. The van der Waals surface area contributed by atoms with Crippen molar-refractivity contribution in [2.75, 3.05) is 6.61 Å². The van der Waals surface area contributed by atoms with Crippen LogP contribution in [0.2, 0.25) is 0 Å². The minimum Gasteiger partial charge on any atom is -0.494 e. The van der Waals surface area contributed by atoms with Gasteiger partial charge in [0.05, 0.1) is 6.61 Å². The molecule has 4 nitrogen and oxygen atoms in total. The van der Waals surface area contributed by atoms with Gasteiger partial charge in [-0.25, -0.2) is 4.79 Å². The Morgan fingerprint density at radius 2 is 1.84 bits per heavy atom. The zero-order chi connectivity index (χ0) is 13.7. The number of carboxylic acids is 1. The molecule has 0 radical (unpaired) electrons. The lowest BCUT2D eigenvalue weighted by atomic mass is 10.3. The molecule has 19 heavy (non-hydrogen) atoms. The normalized spacial score (nSPS) is 10.2. The van der Waals surface area contributed by atoms with Crippen LogP contribution < -0.4 is 9.47 Å². The number of ether oxygens (including phenoxy) is 2. The highest BCUT2D eigenvalue weighted by atomic mass is 32.1. The van der Waals surface area contributed by atoms with Crippen LogP contribution in [0.3, 0.4) is 0 Å². The van der Waals surface area contributed by atoms with Crippen molar-refractivity contribution in [3.63, 3.8) is 0 Å². The van der Waals surface area contributed by atoms with Gasteiger partial charge < -0.3 is 14.6 Å². The van der Waals surface area contributed by atoms with Gasteiger partial charge in [0.25, 0.3) is 0 Å². The zero-order valence-electron chi connectivity index (χ0n) is 10.5. The van der Waals surface area contributed by atoms with E-state index >= 15 is 0 Å². The van der Waals surface area contributed by atoms with Gasteiger partial charge in [-0.3, -0.25) is 0 Å². The van der Waals surface area contributed by atoms with Gasteiger partial charge in [0, 0.05) is 0 Å². The molecule has 1 aromatic heterocycles. The molecule has 0 aliphatic rings. The Morgan fingerprint density at radius 3 is 2.42 bits per heavy atom. The van der Waals surface area contributed by atoms with Gasteiger partial charge in [-0.15, -0.1) is 0 Å². The summed E-state index contributed by atoms with van der Waals surface area (Å²) in [6, 6.07) is 10.4. The highest BCUT2D eigenvalue weighted by Gasteiger charge is 2.08. The molecule has 0 atom stereocenters. The van der Waals surface area contributed by atoms with Gasteiger partial charge in [-0.1, -0.05) is 18.3 Å². The first kappa shape index (κ1) is 13.4. The van der Waals surface area contributed by atoms with E-state index in [1.54, 1.807) is 18.2 Å². The topological polar surface area (TPSA) is 55.8 Å². The van der Waals surface area contributed by atoms with Crippen LogP contribution in [0.4, 0.5) is 0 Å². The van der Waals surface area contributed by atoms with Gasteiger partial charge in [0.15, 0.2) is 5.06 Å². The van der Waals surface area contributed by atoms with Crippen LogP contribution >= 0.6 is 11.3 Å². The van der Waals surface area contributed by atoms with Crippen molar-refractivity contribution < 1.29 is 19.4 Å². The third kappa shape index (κ3) is 3.72. The van der Waals surface area contributed by atoms with E-state index in [4.69, 9.17) is 14.6 Å². The summed E-state index contributed by atoms with van der Waals surface area (Å²) in [5.74, 6) is 0.511. The Morgan fingerprint density at radius 1 is 1.16 bits per heavy atom. The number of hydrogen-bond acceptors (Lipinski definition) is 4. The molecule has 0 spiro atoms. The van der Waals surface area contributed by atoms with E-state index in [1.807, 2.05) is 19.1 Å². The Hall–Kier alpha value is -2.01. The lowest BCUT2D eigenvalue weighted by molar-refractivity contribution is 0.0702. The SMILES string of the molecule is CCCOc1ccc(Oc2ccc(C(=O)O)s2)cc1. The van der Waals surface area contributed by atoms with Crippen LogP contribution in [0.5, 0.6) is 16.6 Å². The first-order valence-corrected chi connectivity index (χ1v) is 6.74. The second kappa shape index (κ2) is 6.24. The Balaban J connectivity index is 2.00. The molecule has 100 valence electrons. The van der Waals surface area contributed by atoms with Crippen LogP contribution in [0, 0.1) is 0 Å². The second-order valence-electron chi connectivity index (χ2n) is 3.85. The number of aromatic carboxylic acids is 1. The molecule has 0 unspecified atom stereocenters. The summed E-state index contributed by atoms with van der Waals surface area (Å²) in [4.78, 5) is 11.0. The zero-order valence-corrected chi connectivity index (χ0v) is 11.3. The maximum atomic E-state index is 10.8. The van der Waals surface area contributed by atoms with E-state index in [-0.39, 0.29) is 4.88 Å². The second-order valence-corrected chi connectivity index (χ2v) is 4.89. The molecule has 5 heteroatoms. The third-order valence-electron chi connectivity index (χ3n) is 2.31. The molecule has 2 rings (SSSR count). The van der Waals surface area contributed by atoms with Gasteiger partial charge in [0.1, 0.15) is 16.4 Å². The number of carboxylic acid groups (broad SMARTS) is 1. The lowest BCUT2D eigenvalue weighted by Crippen LogP contribution is -1.94. The summed E-state index contributed by atoms with van der Waals surface area (Å²) in [6.45, 7) is 2.74. The number of hydrogen-bond donors (Lipinski definition) is 1. The first-order valence-electron chi connectivity index (χ1n) is 5.93. The van der Waals surface area contributed by atoms with Crippen LogP contribution in [-0.2, 0) is 0 Å². The number of carbonyl (C=O) groups is 1. The lowest BCUT2D eigenvalue weighted by Gasteiger charge is -2.06. The molecule has 0 saturated heterocycles. The van der Waals surface area contributed by atoms with Crippen molar-refractivity contribution in [1.29, 1.82) is 0 Å². The van der Waals surface area contributed by atoms with Crippen LogP contribution in [0.1, 0.15) is 23.0 Å². The average molecular weight is 278 g/mol. The van der Waals surface area contributed by atoms with Crippen molar-refractivity contribution in [3.8, 4) is 16.6 Å². The predicted molar refractivity (Wildman–Crippen MR) is 73.6 cm³/mol. The van der Waals surface area contributed by atoms with E-state index < -0.39 is 5.97 Å². The summed E-state index contributed by atoms with van der Waals surface area (Å²) in [7, 11) is 0. The largest absolute Gasteiger partial charge is 0.494 e. The van der Waals surface area contributed by atoms with Gasteiger partial charge in [0.2, 0.25) is 0 Å². The standard InChI is InChI=1S/C14H14O4S/c1-2-9-17-10-3-5-11(6-4-10)18-13-8-7-12(19-13)14(15)16/h3-8H,2,9H2,1H3,(H,15,16). The summed E-state index contributed by atoms with van der Waals surface area (Å²) in [5.41, 5.74) is 0. The highest BCUT2D eigenvalue weighted by molar-refractivity contribution is 7.15. The Bertz CT molecular complexity index is 545. The molecular weight excluding hydrogens is 264 g/mol. The molecule has 0 amide bonds. The molecule has 0 aliphatic heterocycles. The molecule has 0 fully saturated rings. The van der Waals surface area contributed by atoms with Gasteiger partial charge in [-0.05, 0) is 42.8 Å². The average Bonchev–Trinajstić information content (AvgIpc) is 2.87. The van der Waals surface area contributed by atoms with Crippen LogP contribution in [-0.4, -0.2) is 17.7 Å². The van der Waals surface area contributed by atoms with E-state index in [0.717, 1.165) is 23.5 Å². The highest BCUT2D eigenvalue weighted by Crippen LogP contribution is 2.30. The maximum Gasteiger partial charge on any atom is 0.345 e. The number of rotatable bonds is 6. The summed E-state index contributed by atoms with van der Waals surface area (Å²) >= 11 is 1.10. The minimum absolute atomic E-state index is 0.262. The fourth-order valence-electron chi connectivity index (χ4n) is 1.43. The summed E-state index contributed by atoms with van der Waals surface area (Å²) < 4.78 is 11.0. The van der Waals surface area contributed by atoms with E-state index in [2.05, 4.69) is 0 Å². The monoisotopic (exact) mass is 278 g/mol. The van der Waals surface area contributed by atoms with E-state index in [9.17, 15) is 4.79 Å². The molecule has 1 N–H and O–H groups in total. The fraction of sp³-hybridized carbons (Fsp3) is 0.214. The van der Waals surface area contributed by atoms with Crippen molar-refractivity contribution in [3.05, 3.63) is 41.3 Å². The summed E-state index contributed by atoms with van der Waals surface area (Å²) in [6.07, 6.45) is 0.964.